The van der Waals surface area contributed by atoms with Crippen LogP contribution in [0.2, 0.25) is 0 Å². The lowest BCUT2D eigenvalue weighted by Gasteiger charge is -2.34. The van der Waals surface area contributed by atoms with Crippen LogP contribution in [0.1, 0.15) is 11.7 Å². The van der Waals surface area contributed by atoms with Gasteiger partial charge in [0.2, 0.25) is 11.7 Å². The maximum absolute atomic E-state index is 12.8. The fraction of sp³-hybridized carbons (Fsp3) is 0.261. The molecule has 3 heterocycles. The third kappa shape index (κ3) is 4.60. The van der Waals surface area contributed by atoms with Crippen LogP contribution in [0, 0.1) is 6.92 Å². The smallest absolute Gasteiger partial charge is 0.321 e. The molecule has 0 aliphatic carbocycles. The molecule has 168 valence electrons. The molecule has 0 unspecified atom stereocenters. The van der Waals surface area contributed by atoms with E-state index in [9.17, 15) is 9.59 Å². The van der Waals surface area contributed by atoms with Gasteiger partial charge in [-0.15, -0.1) is 0 Å². The van der Waals surface area contributed by atoms with Crippen LogP contribution >= 0.6 is 0 Å². The fourth-order valence-electron chi connectivity index (χ4n) is 3.89. The molecular weight excluding hydrogens is 422 g/mol. The topological polar surface area (TPSA) is 120 Å². The number of aromatic nitrogens is 4. The van der Waals surface area contributed by atoms with E-state index in [1.165, 1.54) is 0 Å². The maximum atomic E-state index is 12.8. The Morgan fingerprint density at radius 2 is 1.91 bits per heavy atom. The van der Waals surface area contributed by atoms with Crippen molar-refractivity contribution in [1.29, 1.82) is 0 Å². The van der Waals surface area contributed by atoms with Crippen molar-refractivity contribution < 1.29 is 9.32 Å². The number of rotatable bonds is 4. The van der Waals surface area contributed by atoms with Crippen molar-refractivity contribution in [3.8, 4) is 11.4 Å². The zero-order valence-electron chi connectivity index (χ0n) is 18.1. The molecule has 2 aromatic heterocycles. The molecule has 10 heteroatoms. The first kappa shape index (κ1) is 20.8. The van der Waals surface area contributed by atoms with Gasteiger partial charge in [-0.25, -0.2) is 9.78 Å². The largest absolute Gasteiger partial charge is 0.339 e. The quantitative estimate of drug-likeness (QED) is 0.495. The molecule has 0 saturated carbocycles. The number of aryl methyl sites for hydroxylation is 1. The summed E-state index contributed by atoms with van der Waals surface area (Å²) in [6.45, 7) is 4.79. The maximum Gasteiger partial charge on any atom is 0.321 e. The number of anilines is 1. The summed E-state index contributed by atoms with van der Waals surface area (Å²) in [6, 6.07) is 14.5. The summed E-state index contributed by atoms with van der Waals surface area (Å²) in [4.78, 5) is 40.7. The molecule has 33 heavy (non-hydrogen) atoms. The number of H-pyrrole nitrogens is 1. The number of fused-ring (bicyclic) bond motifs is 1. The Morgan fingerprint density at radius 3 is 2.70 bits per heavy atom. The molecule has 1 aliphatic rings. The summed E-state index contributed by atoms with van der Waals surface area (Å²) in [5, 5.41) is 7.45. The highest BCUT2D eigenvalue weighted by molar-refractivity contribution is 5.90. The van der Waals surface area contributed by atoms with Gasteiger partial charge >= 0.3 is 6.03 Å². The molecule has 0 radical (unpaired) electrons. The van der Waals surface area contributed by atoms with E-state index in [1.54, 1.807) is 17.9 Å². The number of nitrogens with one attached hydrogen (secondary N) is 2. The minimum Gasteiger partial charge on any atom is -0.339 e. The molecule has 1 saturated heterocycles. The van der Waals surface area contributed by atoms with Crippen molar-refractivity contribution in [2.24, 2.45) is 0 Å². The summed E-state index contributed by atoms with van der Waals surface area (Å²) in [7, 11) is 0. The first-order chi connectivity index (χ1) is 16.0. The first-order valence-corrected chi connectivity index (χ1v) is 10.7. The van der Waals surface area contributed by atoms with Crippen molar-refractivity contribution in [2.75, 3.05) is 31.5 Å². The van der Waals surface area contributed by atoms with E-state index in [-0.39, 0.29) is 11.6 Å². The number of amides is 2. The molecule has 1 fully saturated rings. The molecule has 2 N–H and O–H groups in total. The number of hydrogen-bond donors (Lipinski definition) is 2. The van der Waals surface area contributed by atoms with Gasteiger partial charge < -0.3 is 19.7 Å². The van der Waals surface area contributed by atoms with Gasteiger partial charge in [0.05, 0.1) is 17.4 Å². The Labute approximate surface area is 189 Å². The summed E-state index contributed by atoms with van der Waals surface area (Å²) in [5.74, 6) is 1.60. The average molecular weight is 445 g/mol. The Kier molecular flexibility index (Phi) is 5.57. The second-order valence-corrected chi connectivity index (χ2v) is 7.94. The van der Waals surface area contributed by atoms with E-state index in [1.807, 2.05) is 42.5 Å². The summed E-state index contributed by atoms with van der Waals surface area (Å²) in [6.07, 6.45) is 0. The number of benzene rings is 2. The SMILES string of the molecule is Cc1nc(-c2cccc(NC(=O)N3CCN(Cc4nc5ccccc5c(=O)[nH]4)CC3)c2)no1. The van der Waals surface area contributed by atoms with Gasteiger partial charge in [0, 0.05) is 44.4 Å². The highest BCUT2D eigenvalue weighted by Crippen LogP contribution is 2.20. The summed E-state index contributed by atoms with van der Waals surface area (Å²) < 4.78 is 5.03. The van der Waals surface area contributed by atoms with E-state index in [4.69, 9.17) is 4.52 Å². The second kappa shape index (κ2) is 8.83. The zero-order chi connectivity index (χ0) is 22.8. The zero-order valence-corrected chi connectivity index (χ0v) is 18.1. The van der Waals surface area contributed by atoms with Gasteiger partial charge in [-0.05, 0) is 24.3 Å². The molecule has 2 amide bonds. The van der Waals surface area contributed by atoms with Crippen LogP contribution in [0.5, 0.6) is 0 Å². The van der Waals surface area contributed by atoms with E-state index < -0.39 is 0 Å². The molecule has 5 rings (SSSR count). The van der Waals surface area contributed by atoms with Gasteiger partial charge in [0.15, 0.2) is 0 Å². The number of carbonyl (C=O) groups is 1. The van der Waals surface area contributed by atoms with Crippen LogP contribution in [-0.4, -0.2) is 62.1 Å². The van der Waals surface area contributed by atoms with Crippen molar-refractivity contribution in [3.63, 3.8) is 0 Å². The van der Waals surface area contributed by atoms with Crippen LogP contribution in [0.25, 0.3) is 22.3 Å². The highest BCUT2D eigenvalue weighted by Gasteiger charge is 2.22. The summed E-state index contributed by atoms with van der Waals surface area (Å²) >= 11 is 0. The number of piperazine rings is 1. The highest BCUT2D eigenvalue weighted by atomic mass is 16.5. The lowest BCUT2D eigenvalue weighted by Crippen LogP contribution is -2.49. The fourth-order valence-corrected chi connectivity index (χ4v) is 3.89. The van der Waals surface area contributed by atoms with E-state index in [2.05, 4.69) is 30.3 Å². The number of carbonyl (C=O) groups excluding carboxylic acids is 1. The van der Waals surface area contributed by atoms with Crippen LogP contribution in [0.4, 0.5) is 10.5 Å². The van der Waals surface area contributed by atoms with Crippen LogP contribution in [-0.2, 0) is 6.54 Å². The minimum atomic E-state index is -0.159. The van der Waals surface area contributed by atoms with E-state index >= 15 is 0 Å². The number of hydrogen-bond acceptors (Lipinski definition) is 7. The lowest BCUT2D eigenvalue weighted by atomic mass is 10.2. The van der Waals surface area contributed by atoms with Crippen molar-refractivity contribution in [2.45, 2.75) is 13.5 Å². The van der Waals surface area contributed by atoms with Crippen molar-refractivity contribution >= 4 is 22.6 Å². The lowest BCUT2D eigenvalue weighted by molar-refractivity contribution is 0.141. The predicted molar refractivity (Wildman–Crippen MR) is 123 cm³/mol. The minimum absolute atomic E-state index is 0.133. The molecule has 0 bridgehead atoms. The van der Waals surface area contributed by atoms with E-state index in [0.717, 1.165) is 5.56 Å². The first-order valence-electron chi connectivity index (χ1n) is 10.7. The van der Waals surface area contributed by atoms with Crippen LogP contribution < -0.4 is 10.9 Å². The Bertz CT molecular complexity index is 1360. The van der Waals surface area contributed by atoms with Gasteiger partial charge in [-0.3, -0.25) is 9.69 Å². The van der Waals surface area contributed by atoms with Gasteiger partial charge in [-0.2, -0.15) is 4.98 Å². The van der Waals surface area contributed by atoms with Gasteiger partial charge in [0.1, 0.15) is 5.82 Å². The monoisotopic (exact) mass is 445 g/mol. The molecule has 0 atom stereocenters. The third-order valence-electron chi connectivity index (χ3n) is 5.59. The normalized spacial score (nSPS) is 14.5. The average Bonchev–Trinajstić information content (AvgIpc) is 3.26. The number of para-hydroxylation sites is 1. The van der Waals surface area contributed by atoms with Gasteiger partial charge in [0.25, 0.3) is 5.56 Å². The number of urea groups is 1. The standard InChI is InChI=1S/C23H23N7O3/c1-15-24-21(28-33-15)16-5-4-6-17(13-16)25-23(32)30-11-9-29(10-12-30)14-20-26-19-8-3-2-7-18(19)22(31)27-20/h2-8,13H,9-12,14H2,1H3,(H,25,32)(H,26,27,31). The number of aromatic amines is 1. The van der Waals surface area contributed by atoms with E-state index in [0.29, 0.717) is 66.9 Å². The molecule has 0 spiro atoms. The van der Waals surface area contributed by atoms with Crippen LogP contribution in [0.15, 0.2) is 57.8 Å². The van der Waals surface area contributed by atoms with Gasteiger partial charge in [-0.1, -0.05) is 29.4 Å². The van der Waals surface area contributed by atoms with Crippen molar-refractivity contribution in [3.05, 3.63) is 70.6 Å². The molecule has 4 aromatic rings. The molecule has 1 aliphatic heterocycles. The predicted octanol–water partition coefficient (Wildman–Crippen LogP) is 2.63. The molecule has 10 nitrogen and oxygen atoms in total. The summed E-state index contributed by atoms with van der Waals surface area (Å²) in [5.41, 5.74) is 1.99. The van der Waals surface area contributed by atoms with Crippen LogP contribution in [0.3, 0.4) is 0 Å². The Hall–Kier alpha value is -4.05. The third-order valence-corrected chi connectivity index (χ3v) is 5.59. The molecular formula is C23H23N7O3. The molecule has 2 aromatic carbocycles. The second-order valence-electron chi connectivity index (χ2n) is 7.94. The Balaban J connectivity index is 1.18. The Morgan fingerprint density at radius 1 is 1.09 bits per heavy atom. The van der Waals surface area contributed by atoms with Crippen molar-refractivity contribution in [1.82, 2.24) is 29.9 Å². The number of nitrogens with zero attached hydrogens (tertiary/aromatic N) is 5.